The van der Waals surface area contributed by atoms with Crippen LogP contribution in [0, 0.1) is 6.92 Å². The second kappa shape index (κ2) is 10.2. The third-order valence-electron chi connectivity index (χ3n) is 13.3. The van der Waals surface area contributed by atoms with E-state index in [0.29, 0.717) is 0 Å². The summed E-state index contributed by atoms with van der Waals surface area (Å²) in [4.78, 5) is 2.46. The fourth-order valence-corrected chi connectivity index (χ4v) is 11.3. The van der Waals surface area contributed by atoms with Crippen LogP contribution in [0.4, 0.5) is 11.4 Å². The molecule has 0 spiro atoms. The van der Waals surface area contributed by atoms with Gasteiger partial charge in [0, 0.05) is 73.6 Å². The van der Waals surface area contributed by atoms with Crippen molar-refractivity contribution < 1.29 is 4.42 Å². The molecular formula is C50H36BN3O. The summed E-state index contributed by atoms with van der Waals surface area (Å²) in [5.74, 6) is 0.228. The van der Waals surface area contributed by atoms with Crippen LogP contribution in [0.15, 0.2) is 161 Å². The third kappa shape index (κ3) is 3.60. The van der Waals surface area contributed by atoms with Crippen LogP contribution in [0.25, 0.3) is 55.2 Å². The Morgan fingerprint density at radius 1 is 0.655 bits per heavy atom. The van der Waals surface area contributed by atoms with E-state index in [2.05, 4.69) is 180 Å². The average Bonchev–Trinajstić information content (AvgIpc) is 3.92. The van der Waals surface area contributed by atoms with Crippen molar-refractivity contribution in [1.29, 1.82) is 0 Å². The largest absolute Gasteiger partial charge is 0.454 e. The van der Waals surface area contributed by atoms with Gasteiger partial charge >= 0.3 is 0 Å². The summed E-state index contributed by atoms with van der Waals surface area (Å²) < 4.78 is 11.9. The van der Waals surface area contributed by atoms with Gasteiger partial charge in [0.2, 0.25) is 0 Å². The summed E-state index contributed by atoms with van der Waals surface area (Å²) in [7, 11) is 0. The molecule has 6 aromatic carbocycles. The Balaban J connectivity index is 1.10. The van der Waals surface area contributed by atoms with E-state index in [-0.39, 0.29) is 18.0 Å². The highest BCUT2D eigenvalue weighted by atomic mass is 16.3. The van der Waals surface area contributed by atoms with Crippen LogP contribution in [0.1, 0.15) is 43.0 Å². The van der Waals surface area contributed by atoms with Crippen molar-refractivity contribution in [2.45, 2.75) is 38.5 Å². The third-order valence-corrected chi connectivity index (χ3v) is 13.3. The minimum Gasteiger partial charge on any atom is -0.454 e. The lowest BCUT2D eigenvalue weighted by molar-refractivity contribution is 0.604. The fourth-order valence-electron chi connectivity index (χ4n) is 11.3. The van der Waals surface area contributed by atoms with Crippen LogP contribution in [-0.4, -0.2) is 15.8 Å². The molecule has 0 fully saturated rings. The van der Waals surface area contributed by atoms with Crippen LogP contribution >= 0.6 is 0 Å². The van der Waals surface area contributed by atoms with E-state index < -0.39 is 0 Å². The minimum absolute atomic E-state index is 0.116. The Bertz CT molecular complexity index is 3190. The van der Waals surface area contributed by atoms with Crippen molar-refractivity contribution in [2.75, 3.05) is 4.90 Å². The molecule has 2 aliphatic carbocycles. The standard InChI is InChI=1S/C50H36BN3O/c1-29-26-40-44-41(27-29)54-46-35(49-48(54)33-18-10-11-23-42(33)55-49)20-13-22-39(46)51(44)38-21-12-19-34-43-47(53(40)45(34)38)36-28-32(24-25-37(36)50(43,2)3)52(30-14-6-4-7-15-30)31-16-8-5-9-17-31/h4-27,36H,28H2,1-3H3. The summed E-state index contributed by atoms with van der Waals surface area (Å²) in [6.45, 7) is 7.31. The van der Waals surface area contributed by atoms with E-state index in [1.165, 1.54) is 94.6 Å². The highest BCUT2D eigenvalue weighted by molar-refractivity contribution is 7.00. The SMILES string of the molecule is Cc1cc2c3c(c1)-n1c4c(cccc4c4oc5ccccc5c41)B3c1cccc3c4c(n-2c13)C1CC(N(c2ccccc2)c2ccccc2)=CC=C1C4(C)C. The smallest absolute Gasteiger partial charge is 0.252 e. The number of aryl methyl sites for hydroxylation is 1. The second-order valence-corrected chi connectivity index (χ2v) is 16.5. The normalized spacial score (nSPS) is 17.1. The first kappa shape index (κ1) is 29.9. The van der Waals surface area contributed by atoms with Crippen molar-refractivity contribution >= 4 is 78.4 Å². The van der Waals surface area contributed by atoms with Gasteiger partial charge in [-0.25, -0.2) is 0 Å². The van der Waals surface area contributed by atoms with Crippen LogP contribution < -0.4 is 21.3 Å². The topological polar surface area (TPSA) is 26.2 Å². The van der Waals surface area contributed by atoms with Crippen molar-refractivity contribution in [1.82, 2.24) is 9.13 Å². The Hall–Kier alpha value is -6.46. The lowest BCUT2D eigenvalue weighted by atomic mass is 9.34. The van der Waals surface area contributed by atoms with Crippen LogP contribution in [0.5, 0.6) is 0 Å². The van der Waals surface area contributed by atoms with E-state index in [4.69, 9.17) is 4.42 Å². The molecule has 5 heterocycles. The minimum atomic E-state index is -0.130. The molecule has 1 unspecified atom stereocenters. The summed E-state index contributed by atoms with van der Waals surface area (Å²) in [5.41, 5.74) is 21.7. The maximum Gasteiger partial charge on any atom is 0.252 e. The number of fused-ring (bicyclic) bond motifs is 14. The maximum atomic E-state index is 6.69. The molecule has 4 aliphatic rings. The number of benzene rings is 6. The van der Waals surface area contributed by atoms with E-state index in [0.717, 1.165) is 23.0 Å². The summed E-state index contributed by atoms with van der Waals surface area (Å²) in [5, 5.41) is 3.74. The molecule has 0 radical (unpaired) electrons. The van der Waals surface area contributed by atoms with Crippen molar-refractivity contribution in [3.8, 4) is 11.4 Å². The molecule has 0 saturated carbocycles. The second-order valence-electron chi connectivity index (χ2n) is 16.5. The number of hydrogen-bond acceptors (Lipinski definition) is 2. The van der Waals surface area contributed by atoms with Gasteiger partial charge in [0.15, 0.2) is 5.58 Å². The monoisotopic (exact) mass is 705 g/mol. The van der Waals surface area contributed by atoms with Gasteiger partial charge in [0.25, 0.3) is 6.71 Å². The van der Waals surface area contributed by atoms with Gasteiger partial charge in [0.1, 0.15) is 11.1 Å². The molecular weight excluding hydrogens is 669 g/mol. The molecule has 13 rings (SSSR count). The van der Waals surface area contributed by atoms with Gasteiger partial charge in [0.05, 0.1) is 5.52 Å². The molecule has 0 saturated heterocycles. The zero-order valence-corrected chi connectivity index (χ0v) is 31.0. The zero-order chi connectivity index (χ0) is 36.3. The first-order valence-electron chi connectivity index (χ1n) is 19.6. The van der Waals surface area contributed by atoms with E-state index in [1.807, 2.05) is 0 Å². The van der Waals surface area contributed by atoms with Crippen LogP contribution in [-0.2, 0) is 5.41 Å². The molecule has 3 aromatic heterocycles. The highest BCUT2D eigenvalue weighted by Crippen LogP contribution is 2.58. The van der Waals surface area contributed by atoms with Gasteiger partial charge in [-0.3, -0.25) is 0 Å². The Labute approximate surface area is 319 Å². The van der Waals surface area contributed by atoms with Gasteiger partial charge < -0.3 is 18.5 Å². The molecule has 0 N–H and O–H groups in total. The number of aromatic nitrogens is 2. The van der Waals surface area contributed by atoms with Crippen molar-refractivity contribution in [3.63, 3.8) is 0 Å². The summed E-state index contributed by atoms with van der Waals surface area (Å²) in [6, 6.07) is 49.1. The fraction of sp³-hybridized carbons (Fsp3) is 0.120. The Morgan fingerprint density at radius 3 is 2.00 bits per heavy atom. The highest BCUT2D eigenvalue weighted by Gasteiger charge is 2.50. The van der Waals surface area contributed by atoms with Gasteiger partial charge in [-0.05, 0) is 95.1 Å². The van der Waals surface area contributed by atoms with Crippen LogP contribution in [0.2, 0.25) is 0 Å². The number of hydrogen-bond donors (Lipinski definition) is 0. The number of furan rings is 1. The predicted octanol–water partition coefficient (Wildman–Crippen LogP) is 10.4. The number of rotatable bonds is 3. The van der Waals surface area contributed by atoms with Crippen molar-refractivity contribution in [3.05, 3.63) is 174 Å². The lowest BCUT2D eigenvalue weighted by Gasteiger charge is -2.36. The molecule has 0 bridgehead atoms. The van der Waals surface area contributed by atoms with Crippen molar-refractivity contribution in [2.24, 2.45) is 0 Å². The quantitative estimate of drug-likeness (QED) is 0.171. The zero-order valence-electron chi connectivity index (χ0n) is 31.0. The van der Waals surface area contributed by atoms with E-state index in [9.17, 15) is 0 Å². The summed E-state index contributed by atoms with van der Waals surface area (Å²) in [6.07, 6.45) is 5.76. The Morgan fingerprint density at radius 2 is 1.27 bits per heavy atom. The predicted molar refractivity (Wildman–Crippen MR) is 228 cm³/mol. The molecule has 2 aliphatic heterocycles. The molecule has 0 amide bonds. The first-order valence-corrected chi connectivity index (χ1v) is 19.6. The molecule has 4 nitrogen and oxygen atoms in total. The molecule has 1 atom stereocenters. The Kier molecular flexibility index (Phi) is 5.55. The number of anilines is 2. The van der Waals surface area contributed by atoms with Crippen LogP contribution in [0.3, 0.4) is 0 Å². The average molecular weight is 706 g/mol. The number of allylic oxidation sites excluding steroid dienone is 4. The molecule has 5 heteroatoms. The number of para-hydroxylation sites is 5. The van der Waals surface area contributed by atoms with Gasteiger partial charge in [-0.15, -0.1) is 0 Å². The maximum absolute atomic E-state index is 6.69. The van der Waals surface area contributed by atoms with E-state index >= 15 is 0 Å². The lowest BCUT2D eigenvalue weighted by Crippen LogP contribution is -2.59. The molecule has 260 valence electrons. The summed E-state index contributed by atoms with van der Waals surface area (Å²) >= 11 is 0. The van der Waals surface area contributed by atoms with Gasteiger partial charge in [-0.1, -0.05) is 104 Å². The molecule has 9 aromatic rings. The first-order chi connectivity index (χ1) is 27.0. The van der Waals surface area contributed by atoms with Gasteiger partial charge in [-0.2, -0.15) is 0 Å². The number of nitrogens with zero attached hydrogens (tertiary/aromatic N) is 3. The van der Waals surface area contributed by atoms with E-state index in [1.54, 1.807) is 0 Å². The molecule has 55 heavy (non-hydrogen) atoms.